The second kappa shape index (κ2) is 54.2. The fraction of sp³-hybridized carbons (Fsp3) is 0.914. The SMILES string of the molecule is CCCCCCCCCCCCCCCCCCC/C=C/CC/C=C/C(O)C(CO)NC(=O)CCCCCCCCCCCCCCCCCCCCCCCCCCCCC. The van der Waals surface area contributed by atoms with Crippen molar-refractivity contribution in [1.82, 2.24) is 5.32 Å². The Morgan fingerprint density at radius 3 is 0.935 bits per heavy atom. The molecule has 3 N–H and O–H groups in total. The number of carbonyl (C=O) groups excluding carboxylic acids is 1. The maximum Gasteiger partial charge on any atom is 0.220 e. The van der Waals surface area contributed by atoms with Crippen molar-refractivity contribution in [2.75, 3.05) is 6.61 Å². The van der Waals surface area contributed by atoms with Crippen molar-refractivity contribution in [2.45, 2.75) is 334 Å². The van der Waals surface area contributed by atoms with Gasteiger partial charge in [-0.05, 0) is 32.1 Å². The van der Waals surface area contributed by atoms with Gasteiger partial charge in [0.25, 0.3) is 0 Å². The van der Waals surface area contributed by atoms with Gasteiger partial charge in [-0.1, -0.05) is 308 Å². The molecule has 0 aliphatic carbocycles. The topological polar surface area (TPSA) is 69.6 Å². The van der Waals surface area contributed by atoms with Crippen molar-refractivity contribution in [3.05, 3.63) is 24.3 Å². The summed E-state index contributed by atoms with van der Waals surface area (Å²) in [4.78, 5) is 12.5. The van der Waals surface area contributed by atoms with Crippen LogP contribution < -0.4 is 5.32 Å². The third kappa shape index (κ3) is 49.9. The lowest BCUT2D eigenvalue weighted by atomic mass is 10.0. The Balaban J connectivity index is 3.48. The molecule has 0 aromatic carbocycles. The minimum absolute atomic E-state index is 0.0663. The van der Waals surface area contributed by atoms with Crippen LogP contribution in [0.15, 0.2) is 24.3 Å². The Morgan fingerprint density at radius 1 is 0.371 bits per heavy atom. The predicted molar refractivity (Wildman–Crippen MR) is 276 cm³/mol. The minimum Gasteiger partial charge on any atom is -0.394 e. The molecule has 368 valence electrons. The average molecular weight is 873 g/mol. The first kappa shape index (κ1) is 60.9. The number of hydrogen-bond donors (Lipinski definition) is 3. The fourth-order valence-electron chi connectivity index (χ4n) is 9.08. The summed E-state index contributed by atoms with van der Waals surface area (Å²) in [6.07, 6.45) is 72.1. The monoisotopic (exact) mass is 872 g/mol. The van der Waals surface area contributed by atoms with E-state index in [-0.39, 0.29) is 12.5 Å². The molecule has 0 saturated carbocycles. The average Bonchev–Trinajstić information content (AvgIpc) is 3.28. The van der Waals surface area contributed by atoms with Crippen LogP contribution in [0.2, 0.25) is 0 Å². The number of aliphatic hydroxyl groups is 2. The maximum absolute atomic E-state index is 12.5. The Morgan fingerprint density at radius 2 is 0.629 bits per heavy atom. The molecule has 0 radical (unpaired) electrons. The zero-order valence-corrected chi connectivity index (χ0v) is 42.4. The normalized spacial score (nSPS) is 12.9. The summed E-state index contributed by atoms with van der Waals surface area (Å²) in [6.45, 7) is 4.34. The van der Waals surface area contributed by atoms with E-state index in [1.54, 1.807) is 6.08 Å². The first-order valence-electron chi connectivity index (χ1n) is 28.6. The molecular formula is C58H113NO3. The third-order valence-corrected chi connectivity index (χ3v) is 13.4. The van der Waals surface area contributed by atoms with E-state index in [4.69, 9.17) is 0 Å². The van der Waals surface area contributed by atoms with Crippen molar-refractivity contribution < 1.29 is 15.0 Å². The van der Waals surface area contributed by atoms with Crippen molar-refractivity contribution in [1.29, 1.82) is 0 Å². The van der Waals surface area contributed by atoms with Crippen molar-refractivity contribution in [2.24, 2.45) is 0 Å². The number of nitrogens with one attached hydrogen (secondary N) is 1. The Kier molecular flexibility index (Phi) is 53.2. The summed E-state index contributed by atoms with van der Waals surface area (Å²) in [5.41, 5.74) is 0. The maximum atomic E-state index is 12.5. The number of allylic oxidation sites excluding steroid dienone is 3. The summed E-state index contributed by atoms with van der Waals surface area (Å²) in [6, 6.07) is -0.636. The molecule has 0 aromatic rings. The second-order valence-corrected chi connectivity index (χ2v) is 19.7. The molecule has 1 amide bonds. The van der Waals surface area contributed by atoms with Gasteiger partial charge in [-0.2, -0.15) is 0 Å². The highest BCUT2D eigenvalue weighted by Gasteiger charge is 2.18. The van der Waals surface area contributed by atoms with Crippen LogP contribution in [0.4, 0.5) is 0 Å². The van der Waals surface area contributed by atoms with Crippen LogP contribution in [-0.2, 0) is 4.79 Å². The van der Waals surface area contributed by atoms with Gasteiger partial charge in [0.05, 0.1) is 18.8 Å². The van der Waals surface area contributed by atoms with E-state index < -0.39 is 12.1 Å². The predicted octanol–water partition coefficient (Wildman–Crippen LogP) is 18.7. The van der Waals surface area contributed by atoms with Gasteiger partial charge in [0.1, 0.15) is 0 Å². The summed E-state index contributed by atoms with van der Waals surface area (Å²) >= 11 is 0. The van der Waals surface area contributed by atoms with Gasteiger partial charge in [-0.3, -0.25) is 4.79 Å². The molecule has 0 aliphatic heterocycles. The van der Waals surface area contributed by atoms with Gasteiger partial charge >= 0.3 is 0 Å². The van der Waals surface area contributed by atoms with Crippen molar-refractivity contribution in [3.63, 3.8) is 0 Å². The lowest BCUT2D eigenvalue weighted by Crippen LogP contribution is -2.45. The highest BCUT2D eigenvalue weighted by molar-refractivity contribution is 5.76. The van der Waals surface area contributed by atoms with Gasteiger partial charge in [0.2, 0.25) is 5.91 Å². The number of hydrogen-bond acceptors (Lipinski definition) is 3. The summed E-state index contributed by atoms with van der Waals surface area (Å²) in [5.74, 6) is -0.0663. The number of amides is 1. The zero-order valence-electron chi connectivity index (χ0n) is 42.4. The number of aliphatic hydroxyl groups excluding tert-OH is 2. The molecule has 2 unspecified atom stereocenters. The standard InChI is InChI=1S/C58H113NO3/c1-3-5-7-9-11-13-15-17-19-21-23-25-27-28-29-30-32-34-36-38-40-42-44-46-48-50-52-54-58(62)59-56(55-60)57(61)53-51-49-47-45-43-41-39-37-35-33-31-26-24-22-20-18-16-14-12-10-8-6-4-2/h43,45,51,53,56-57,60-61H,3-42,44,46-50,52,54-55H2,1-2H3,(H,59,62)/b45-43+,53-51+. The Hall–Kier alpha value is -1.13. The van der Waals surface area contributed by atoms with Gasteiger partial charge in [-0.25, -0.2) is 0 Å². The molecule has 62 heavy (non-hydrogen) atoms. The van der Waals surface area contributed by atoms with E-state index in [2.05, 4.69) is 31.3 Å². The summed E-state index contributed by atoms with van der Waals surface area (Å²) in [5, 5.41) is 23.2. The van der Waals surface area contributed by atoms with Crippen LogP contribution in [0.5, 0.6) is 0 Å². The molecule has 0 fully saturated rings. The van der Waals surface area contributed by atoms with Crippen LogP contribution in [0.1, 0.15) is 322 Å². The van der Waals surface area contributed by atoms with Gasteiger partial charge in [0, 0.05) is 6.42 Å². The highest BCUT2D eigenvalue weighted by Crippen LogP contribution is 2.18. The smallest absolute Gasteiger partial charge is 0.220 e. The second-order valence-electron chi connectivity index (χ2n) is 19.7. The highest BCUT2D eigenvalue weighted by atomic mass is 16.3. The van der Waals surface area contributed by atoms with Crippen LogP contribution in [0.25, 0.3) is 0 Å². The summed E-state index contributed by atoms with van der Waals surface area (Å²) in [7, 11) is 0. The first-order chi connectivity index (χ1) is 30.7. The quantitative estimate of drug-likeness (QED) is 0.0421. The van der Waals surface area contributed by atoms with E-state index >= 15 is 0 Å². The van der Waals surface area contributed by atoms with E-state index in [1.807, 2.05) is 6.08 Å². The molecule has 0 saturated heterocycles. The number of carbonyl (C=O) groups is 1. The summed E-state index contributed by atoms with van der Waals surface area (Å²) < 4.78 is 0. The van der Waals surface area contributed by atoms with Crippen LogP contribution in [0, 0.1) is 0 Å². The van der Waals surface area contributed by atoms with Gasteiger partial charge in [-0.15, -0.1) is 0 Å². The molecule has 0 spiro atoms. The van der Waals surface area contributed by atoms with Crippen LogP contribution in [0.3, 0.4) is 0 Å². The number of unbranched alkanes of at least 4 members (excludes halogenated alkanes) is 44. The van der Waals surface area contributed by atoms with E-state index in [1.165, 1.54) is 270 Å². The molecular weight excluding hydrogens is 759 g/mol. The number of rotatable bonds is 53. The molecule has 2 atom stereocenters. The van der Waals surface area contributed by atoms with Crippen molar-refractivity contribution in [3.8, 4) is 0 Å². The van der Waals surface area contributed by atoms with Gasteiger partial charge < -0.3 is 15.5 Å². The Labute approximate surface area is 389 Å². The largest absolute Gasteiger partial charge is 0.394 e. The van der Waals surface area contributed by atoms with Gasteiger partial charge in [0.15, 0.2) is 0 Å². The van der Waals surface area contributed by atoms with Crippen LogP contribution in [-0.4, -0.2) is 34.9 Å². The Bertz CT molecular complexity index is 901. The van der Waals surface area contributed by atoms with Crippen molar-refractivity contribution >= 4 is 5.91 Å². The lowest BCUT2D eigenvalue weighted by Gasteiger charge is -2.19. The fourth-order valence-corrected chi connectivity index (χ4v) is 9.08. The molecule has 0 aliphatic rings. The zero-order chi connectivity index (χ0) is 44.9. The van der Waals surface area contributed by atoms with E-state index in [0.29, 0.717) is 6.42 Å². The van der Waals surface area contributed by atoms with Crippen LogP contribution >= 0.6 is 0 Å². The molecule has 0 aromatic heterocycles. The minimum atomic E-state index is -0.860. The van der Waals surface area contributed by atoms with E-state index in [0.717, 1.165) is 32.1 Å². The molecule has 0 rings (SSSR count). The first-order valence-corrected chi connectivity index (χ1v) is 28.6. The molecule has 0 heterocycles. The third-order valence-electron chi connectivity index (χ3n) is 13.4. The molecule has 4 heteroatoms. The molecule has 0 bridgehead atoms. The lowest BCUT2D eigenvalue weighted by molar-refractivity contribution is -0.123. The molecule has 4 nitrogen and oxygen atoms in total. The van der Waals surface area contributed by atoms with E-state index in [9.17, 15) is 15.0 Å².